The average Bonchev–Trinajstić information content (AvgIpc) is 3.63. The van der Waals surface area contributed by atoms with Crippen molar-refractivity contribution in [2.24, 2.45) is 0 Å². The first-order valence-electron chi connectivity index (χ1n) is 15.6. The Balaban J connectivity index is 0.000000468. The third-order valence-electron chi connectivity index (χ3n) is 7.90. The molecule has 3 nitrogen and oxygen atoms in total. The number of rotatable bonds is 4. The van der Waals surface area contributed by atoms with Gasteiger partial charge in [-0.25, -0.2) is 4.98 Å². The normalized spacial score (nSPS) is 11.0. The van der Waals surface area contributed by atoms with Gasteiger partial charge in [0, 0.05) is 39.0 Å². The largest absolute Gasteiger partial charge is 0.309 e. The molecular formula is C42H37N3. The second-order valence-electron chi connectivity index (χ2n) is 10.4. The van der Waals surface area contributed by atoms with E-state index < -0.39 is 0 Å². The molecule has 0 N–H and O–H groups in total. The van der Waals surface area contributed by atoms with Crippen LogP contribution in [0.15, 0.2) is 164 Å². The van der Waals surface area contributed by atoms with Gasteiger partial charge in [-0.15, -0.1) is 0 Å². The maximum Gasteiger partial charge on any atom is 0.145 e. The van der Waals surface area contributed by atoms with Crippen molar-refractivity contribution in [1.82, 2.24) is 14.1 Å². The summed E-state index contributed by atoms with van der Waals surface area (Å²) in [5.41, 5.74) is 8.15. The molecule has 0 bridgehead atoms. The van der Waals surface area contributed by atoms with Crippen LogP contribution >= 0.6 is 0 Å². The molecule has 0 spiro atoms. The summed E-state index contributed by atoms with van der Waals surface area (Å²) in [7, 11) is 0. The molecule has 8 rings (SSSR count). The van der Waals surface area contributed by atoms with Gasteiger partial charge < -0.3 is 4.57 Å². The van der Waals surface area contributed by atoms with Crippen LogP contribution in [-0.2, 0) is 0 Å². The van der Waals surface area contributed by atoms with Gasteiger partial charge in [0.1, 0.15) is 5.82 Å². The standard InChI is InChI=1S/C35H23N3.C5H8.C2H6/c1-3-12-24(13-4-1)26-18-11-23-36-35(26)38-31-20-10-8-17-29(31)33-32(38)22-21-28-27-16-7-9-19-30(27)37(34(28)33)25-14-5-2-6-15-25;1-3-5-4-2;1-2/h1-23H;3-5H,1H2,2H3;1-2H3/b;5-4-;. The van der Waals surface area contributed by atoms with E-state index in [9.17, 15) is 0 Å². The number of aromatic nitrogens is 3. The van der Waals surface area contributed by atoms with Crippen molar-refractivity contribution in [3.05, 3.63) is 164 Å². The average molecular weight is 584 g/mol. The van der Waals surface area contributed by atoms with Gasteiger partial charge in [0.15, 0.2) is 0 Å². The van der Waals surface area contributed by atoms with Crippen LogP contribution in [0.5, 0.6) is 0 Å². The number of benzene rings is 5. The Labute approximate surface area is 265 Å². The van der Waals surface area contributed by atoms with Crippen molar-refractivity contribution in [2.45, 2.75) is 20.8 Å². The Morgan fingerprint density at radius 2 is 1.20 bits per heavy atom. The Hall–Kier alpha value is -5.67. The maximum absolute atomic E-state index is 4.96. The number of hydrogen-bond donors (Lipinski definition) is 0. The van der Waals surface area contributed by atoms with Crippen LogP contribution in [0.4, 0.5) is 0 Å². The smallest absolute Gasteiger partial charge is 0.145 e. The molecular weight excluding hydrogens is 546 g/mol. The number of hydrogen-bond acceptors (Lipinski definition) is 1. The number of allylic oxidation sites excluding steroid dienone is 3. The molecule has 3 heteroatoms. The molecule has 3 aromatic heterocycles. The van der Waals surface area contributed by atoms with Crippen LogP contribution in [0.3, 0.4) is 0 Å². The Kier molecular flexibility index (Phi) is 8.70. The highest BCUT2D eigenvalue weighted by molar-refractivity contribution is 6.26. The van der Waals surface area contributed by atoms with Gasteiger partial charge >= 0.3 is 0 Å². The third-order valence-corrected chi connectivity index (χ3v) is 7.90. The van der Waals surface area contributed by atoms with Crippen molar-refractivity contribution >= 4 is 43.6 Å². The second kappa shape index (κ2) is 13.3. The van der Waals surface area contributed by atoms with Gasteiger partial charge in [0.2, 0.25) is 0 Å². The fourth-order valence-corrected chi connectivity index (χ4v) is 6.14. The quantitative estimate of drug-likeness (QED) is 0.189. The van der Waals surface area contributed by atoms with Crippen LogP contribution in [0.2, 0.25) is 0 Å². The van der Waals surface area contributed by atoms with E-state index in [0.29, 0.717) is 0 Å². The van der Waals surface area contributed by atoms with Gasteiger partial charge in [-0.2, -0.15) is 0 Å². The lowest BCUT2D eigenvalue weighted by Gasteiger charge is -2.13. The highest BCUT2D eigenvalue weighted by Crippen LogP contribution is 2.42. The molecule has 45 heavy (non-hydrogen) atoms. The van der Waals surface area contributed by atoms with E-state index >= 15 is 0 Å². The molecule has 0 fully saturated rings. The summed E-state index contributed by atoms with van der Waals surface area (Å²) >= 11 is 0. The molecule has 0 amide bonds. The zero-order chi connectivity index (χ0) is 31.2. The topological polar surface area (TPSA) is 22.8 Å². The summed E-state index contributed by atoms with van der Waals surface area (Å²) in [6, 6.07) is 47.3. The first-order valence-corrected chi connectivity index (χ1v) is 15.6. The molecule has 0 aliphatic rings. The Morgan fingerprint density at radius 1 is 0.578 bits per heavy atom. The van der Waals surface area contributed by atoms with E-state index in [1.807, 2.05) is 45.2 Å². The number of fused-ring (bicyclic) bond motifs is 7. The minimum atomic E-state index is 0.937. The summed E-state index contributed by atoms with van der Waals surface area (Å²) in [5.74, 6) is 0.937. The van der Waals surface area contributed by atoms with E-state index in [-0.39, 0.29) is 0 Å². The molecule has 5 aromatic carbocycles. The van der Waals surface area contributed by atoms with E-state index in [4.69, 9.17) is 4.98 Å². The fourth-order valence-electron chi connectivity index (χ4n) is 6.14. The fraction of sp³-hybridized carbons (Fsp3) is 0.0714. The van der Waals surface area contributed by atoms with Crippen LogP contribution in [0, 0.1) is 0 Å². The summed E-state index contributed by atoms with van der Waals surface area (Å²) < 4.78 is 4.75. The number of para-hydroxylation sites is 3. The Morgan fingerprint density at radius 3 is 1.87 bits per heavy atom. The third kappa shape index (κ3) is 5.23. The molecule has 0 saturated heterocycles. The number of nitrogens with zero attached hydrogens (tertiary/aromatic N) is 3. The molecule has 0 aliphatic carbocycles. The van der Waals surface area contributed by atoms with Crippen LogP contribution < -0.4 is 0 Å². The molecule has 0 radical (unpaired) electrons. The lowest BCUT2D eigenvalue weighted by atomic mass is 10.1. The van der Waals surface area contributed by atoms with E-state index in [1.165, 1.54) is 32.6 Å². The summed E-state index contributed by atoms with van der Waals surface area (Å²) in [6.45, 7) is 9.42. The molecule has 0 unspecified atom stereocenters. The molecule has 8 aromatic rings. The lowest BCUT2D eigenvalue weighted by Crippen LogP contribution is -2.00. The highest BCUT2D eigenvalue weighted by Gasteiger charge is 2.22. The van der Waals surface area contributed by atoms with Crippen LogP contribution in [-0.4, -0.2) is 14.1 Å². The summed E-state index contributed by atoms with van der Waals surface area (Å²) in [6.07, 6.45) is 7.47. The molecule has 0 atom stereocenters. The molecule has 3 heterocycles. The van der Waals surface area contributed by atoms with Crippen LogP contribution in [0.25, 0.3) is 66.2 Å². The molecule has 0 aliphatic heterocycles. The molecule has 220 valence electrons. The number of pyridine rings is 1. The highest BCUT2D eigenvalue weighted by atomic mass is 15.1. The zero-order valence-electron chi connectivity index (χ0n) is 26.1. The first-order chi connectivity index (χ1) is 22.3. The summed E-state index contributed by atoms with van der Waals surface area (Å²) in [5, 5.41) is 4.97. The van der Waals surface area contributed by atoms with Gasteiger partial charge in [-0.3, -0.25) is 4.57 Å². The predicted molar refractivity (Wildman–Crippen MR) is 195 cm³/mol. The van der Waals surface area contributed by atoms with Gasteiger partial charge in [-0.05, 0) is 55.0 Å². The van der Waals surface area contributed by atoms with Gasteiger partial charge in [0.25, 0.3) is 0 Å². The van der Waals surface area contributed by atoms with E-state index in [1.54, 1.807) is 6.08 Å². The van der Waals surface area contributed by atoms with Gasteiger partial charge in [-0.1, -0.05) is 130 Å². The van der Waals surface area contributed by atoms with Crippen molar-refractivity contribution in [3.63, 3.8) is 0 Å². The predicted octanol–water partition coefficient (Wildman–Crippen LogP) is 11.7. The SMILES string of the molecule is C=C/C=C\C.CC.c1ccc(-c2cccnc2-n2c3ccccc3c3c2ccc2c4ccccc4n(-c4ccccc4)c23)cc1. The van der Waals surface area contributed by atoms with Crippen molar-refractivity contribution in [2.75, 3.05) is 0 Å². The van der Waals surface area contributed by atoms with E-state index in [2.05, 4.69) is 143 Å². The lowest BCUT2D eigenvalue weighted by molar-refractivity contribution is 1.08. The monoisotopic (exact) mass is 583 g/mol. The van der Waals surface area contributed by atoms with Crippen molar-refractivity contribution in [3.8, 4) is 22.6 Å². The van der Waals surface area contributed by atoms with E-state index in [0.717, 1.165) is 33.7 Å². The van der Waals surface area contributed by atoms with Crippen molar-refractivity contribution < 1.29 is 0 Å². The molecule has 0 saturated carbocycles. The maximum atomic E-state index is 4.96. The first kappa shape index (κ1) is 29.4. The van der Waals surface area contributed by atoms with Crippen molar-refractivity contribution in [1.29, 1.82) is 0 Å². The minimum Gasteiger partial charge on any atom is -0.309 e. The zero-order valence-corrected chi connectivity index (χ0v) is 26.1. The van der Waals surface area contributed by atoms with Gasteiger partial charge in [0.05, 0.1) is 22.1 Å². The van der Waals surface area contributed by atoms with Crippen LogP contribution in [0.1, 0.15) is 20.8 Å². The summed E-state index contributed by atoms with van der Waals surface area (Å²) in [4.78, 5) is 4.96. The Bertz CT molecular complexity index is 2250. The minimum absolute atomic E-state index is 0.937. The second-order valence-corrected chi connectivity index (χ2v) is 10.4.